The van der Waals surface area contributed by atoms with Crippen molar-refractivity contribution in [3.63, 3.8) is 0 Å². The van der Waals surface area contributed by atoms with Gasteiger partial charge in [0.15, 0.2) is 9.84 Å². The second-order valence-electron chi connectivity index (χ2n) is 5.07. The maximum Gasteiger partial charge on any atom is 0.175 e. The van der Waals surface area contributed by atoms with Crippen LogP contribution in [0.2, 0.25) is 0 Å². The summed E-state index contributed by atoms with van der Waals surface area (Å²) in [5, 5.41) is 29.6. The van der Waals surface area contributed by atoms with Crippen molar-refractivity contribution in [1.82, 2.24) is 0 Å². The molecular weight excluding hydrogens is 284 g/mol. The van der Waals surface area contributed by atoms with Gasteiger partial charge in [-0.1, -0.05) is 12.1 Å². The van der Waals surface area contributed by atoms with Crippen molar-refractivity contribution in [2.24, 2.45) is 0 Å². The van der Waals surface area contributed by atoms with E-state index in [2.05, 4.69) is 0 Å². The molecule has 1 aromatic carbocycles. The largest absolute Gasteiger partial charge is 0.388 e. The van der Waals surface area contributed by atoms with Gasteiger partial charge in [0, 0.05) is 6.26 Å². The van der Waals surface area contributed by atoms with Crippen molar-refractivity contribution < 1.29 is 28.5 Å². The van der Waals surface area contributed by atoms with Crippen molar-refractivity contribution in [3.8, 4) is 0 Å². The van der Waals surface area contributed by atoms with Crippen LogP contribution in [0.15, 0.2) is 29.2 Å². The van der Waals surface area contributed by atoms with Crippen molar-refractivity contribution >= 4 is 9.84 Å². The third kappa shape index (κ3) is 2.87. The molecule has 0 bridgehead atoms. The van der Waals surface area contributed by atoms with E-state index in [-0.39, 0.29) is 4.90 Å². The van der Waals surface area contributed by atoms with Gasteiger partial charge in [-0.25, -0.2) is 8.42 Å². The van der Waals surface area contributed by atoms with Gasteiger partial charge in [0.05, 0.1) is 11.0 Å². The van der Waals surface area contributed by atoms with Gasteiger partial charge in [-0.3, -0.25) is 0 Å². The molecule has 0 radical (unpaired) electrons. The second kappa shape index (κ2) is 5.42. The van der Waals surface area contributed by atoms with Gasteiger partial charge in [-0.15, -0.1) is 0 Å². The summed E-state index contributed by atoms with van der Waals surface area (Å²) in [5.41, 5.74) is 0.419. The summed E-state index contributed by atoms with van der Waals surface area (Å²) < 4.78 is 28.0. The van der Waals surface area contributed by atoms with Crippen LogP contribution in [0, 0.1) is 0 Å². The molecule has 1 heterocycles. The molecule has 0 saturated carbocycles. The monoisotopic (exact) mass is 302 g/mol. The molecule has 1 fully saturated rings. The molecule has 7 heteroatoms. The first-order chi connectivity index (χ1) is 9.21. The van der Waals surface area contributed by atoms with Gasteiger partial charge in [0.25, 0.3) is 0 Å². The molecule has 5 atom stereocenters. The number of sulfone groups is 1. The van der Waals surface area contributed by atoms with Crippen LogP contribution in [-0.2, 0) is 14.6 Å². The van der Waals surface area contributed by atoms with Crippen molar-refractivity contribution in [2.45, 2.75) is 42.3 Å². The molecule has 0 spiro atoms. The normalized spacial score (nSPS) is 32.2. The first-order valence-electron chi connectivity index (χ1n) is 6.21. The van der Waals surface area contributed by atoms with E-state index < -0.39 is 40.4 Å². The SMILES string of the molecule is C[C@@H]1O[C@H]([C@H](O)c2ccc(S(C)(=O)=O)cc2)[C@@H](O)[C@H]1O. The third-order valence-electron chi connectivity index (χ3n) is 3.50. The molecule has 3 N–H and O–H groups in total. The van der Waals surface area contributed by atoms with Gasteiger partial charge < -0.3 is 20.1 Å². The summed E-state index contributed by atoms with van der Waals surface area (Å²) in [6, 6.07) is 5.70. The Morgan fingerprint density at radius 3 is 2.10 bits per heavy atom. The zero-order valence-electron chi connectivity index (χ0n) is 11.2. The Morgan fingerprint density at radius 1 is 1.15 bits per heavy atom. The van der Waals surface area contributed by atoms with E-state index in [0.29, 0.717) is 5.56 Å². The Bertz CT molecular complexity index is 567. The Morgan fingerprint density at radius 2 is 1.70 bits per heavy atom. The number of benzene rings is 1. The lowest BCUT2D eigenvalue weighted by Gasteiger charge is -2.21. The van der Waals surface area contributed by atoms with Crippen molar-refractivity contribution in [1.29, 1.82) is 0 Å². The number of rotatable bonds is 3. The number of aliphatic hydroxyl groups is 3. The van der Waals surface area contributed by atoms with Crippen molar-refractivity contribution in [2.75, 3.05) is 6.26 Å². The van der Waals surface area contributed by atoms with Gasteiger partial charge in [0.2, 0.25) is 0 Å². The van der Waals surface area contributed by atoms with E-state index in [0.717, 1.165) is 6.26 Å². The second-order valence-corrected chi connectivity index (χ2v) is 7.09. The van der Waals surface area contributed by atoms with E-state index >= 15 is 0 Å². The molecule has 20 heavy (non-hydrogen) atoms. The minimum absolute atomic E-state index is 0.148. The summed E-state index contributed by atoms with van der Waals surface area (Å²) in [6.45, 7) is 1.60. The number of ether oxygens (including phenoxy) is 1. The lowest BCUT2D eigenvalue weighted by atomic mass is 9.99. The van der Waals surface area contributed by atoms with Gasteiger partial charge >= 0.3 is 0 Å². The van der Waals surface area contributed by atoms with E-state index in [4.69, 9.17) is 4.74 Å². The maximum absolute atomic E-state index is 11.3. The summed E-state index contributed by atoms with van der Waals surface area (Å²) in [7, 11) is -3.29. The molecule has 0 unspecified atom stereocenters. The fourth-order valence-corrected chi connectivity index (χ4v) is 2.87. The van der Waals surface area contributed by atoms with E-state index in [1.807, 2.05) is 0 Å². The number of hydrogen-bond donors (Lipinski definition) is 3. The molecule has 0 aromatic heterocycles. The Labute approximate surface area is 117 Å². The molecule has 1 aliphatic rings. The summed E-state index contributed by atoms with van der Waals surface area (Å²) >= 11 is 0. The van der Waals surface area contributed by atoms with Crippen LogP contribution in [0.1, 0.15) is 18.6 Å². The van der Waals surface area contributed by atoms with Gasteiger partial charge in [0.1, 0.15) is 24.4 Å². The zero-order chi connectivity index (χ0) is 15.1. The van der Waals surface area contributed by atoms with Crippen molar-refractivity contribution in [3.05, 3.63) is 29.8 Å². The molecule has 1 saturated heterocycles. The van der Waals surface area contributed by atoms with Crippen LogP contribution in [0.25, 0.3) is 0 Å². The van der Waals surface area contributed by atoms with Crippen LogP contribution >= 0.6 is 0 Å². The maximum atomic E-state index is 11.3. The number of aliphatic hydroxyl groups excluding tert-OH is 3. The Balaban J connectivity index is 2.20. The smallest absolute Gasteiger partial charge is 0.175 e. The van der Waals surface area contributed by atoms with Gasteiger partial charge in [-0.2, -0.15) is 0 Å². The molecule has 2 rings (SSSR count). The average molecular weight is 302 g/mol. The minimum Gasteiger partial charge on any atom is -0.388 e. The molecule has 112 valence electrons. The molecular formula is C13H18O6S. The summed E-state index contributed by atoms with van der Waals surface area (Å²) in [4.78, 5) is 0.148. The molecule has 1 aromatic rings. The summed E-state index contributed by atoms with van der Waals surface area (Å²) in [5.74, 6) is 0. The summed E-state index contributed by atoms with van der Waals surface area (Å²) in [6.07, 6.45) is -3.79. The van der Waals surface area contributed by atoms with Crippen LogP contribution in [0.4, 0.5) is 0 Å². The molecule has 0 amide bonds. The Hall–Kier alpha value is -0.990. The molecule has 0 aliphatic carbocycles. The lowest BCUT2D eigenvalue weighted by molar-refractivity contribution is -0.0635. The minimum atomic E-state index is -3.29. The highest BCUT2D eigenvalue weighted by atomic mass is 32.2. The predicted molar refractivity (Wildman–Crippen MR) is 70.9 cm³/mol. The lowest BCUT2D eigenvalue weighted by Crippen LogP contribution is -2.34. The van der Waals surface area contributed by atoms with E-state index in [1.54, 1.807) is 6.92 Å². The zero-order valence-corrected chi connectivity index (χ0v) is 12.0. The first kappa shape index (κ1) is 15.4. The highest BCUT2D eigenvalue weighted by molar-refractivity contribution is 7.90. The first-order valence-corrected chi connectivity index (χ1v) is 8.10. The highest BCUT2D eigenvalue weighted by Gasteiger charge is 2.44. The van der Waals surface area contributed by atoms with Crippen LogP contribution in [0.5, 0.6) is 0 Å². The van der Waals surface area contributed by atoms with Crippen LogP contribution < -0.4 is 0 Å². The molecule has 6 nitrogen and oxygen atoms in total. The Kier molecular flexibility index (Phi) is 4.17. The standard InChI is InChI=1S/C13H18O6S/c1-7-10(14)12(16)13(19-7)11(15)8-3-5-9(6-4-8)20(2,17)18/h3-7,10-16H,1-2H3/t7-,10-,11+,12-,13+/m0/s1. The third-order valence-corrected chi connectivity index (χ3v) is 4.63. The average Bonchev–Trinajstić information content (AvgIpc) is 2.65. The highest BCUT2D eigenvalue weighted by Crippen LogP contribution is 2.31. The predicted octanol–water partition coefficient (Wildman–Crippen LogP) is -0.367. The van der Waals surface area contributed by atoms with Crippen LogP contribution in [-0.4, -0.2) is 54.4 Å². The number of hydrogen-bond acceptors (Lipinski definition) is 6. The van der Waals surface area contributed by atoms with Crippen LogP contribution in [0.3, 0.4) is 0 Å². The molecule has 1 aliphatic heterocycles. The van der Waals surface area contributed by atoms with E-state index in [9.17, 15) is 23.7 Å². The quantitative estimate of drug-likeness (QED) is 0.704. The van der Waals surface area contributed by atoms with E-state index in [1.165, 1.54) is 24.3 Å². The topological polar surface area (TPSA) is 104 Å². The van der Waals surface area contributed by atoms with Gasteiger partial charge in [-0.05, 0) is 24.6 Å². The fraction of sp³-hybridized carbons (Fsp3) is 0.538. The fourth-order valence-electron chi connectivity index (χ4n) is 2.24.